The molecule has 0 aromatic carbocycles. The number of Topliss-reactive ketones (excluding diaryl/α,β-unsaturated/α-hetero) is 1. The lowest BCUT2D eigenvalue weighted by atomic mass is 10.1. The SMILES string of the molecule is CN1CCC(n2cc(C(=O)Cc3cc4cc(-c5cnc6[nH]ccc6c5)ncc4cn3)cn2)CC1. The predicted molar refractivity (Wildman–Crippen MR) is 131 cm³/mol. The summed E-state index contributed by atoms with van der Waals surface area (Å²) in [5, 5.41) is 7.46. The highest BCUT2D eigenvalue weighted by Crippen LogP contribution is 2.25. The molecule has 1 aliphatic heterocycles. The number of likely N-dealkylation sites (tertiary alicyclic amines) is 1. The van der Waals surface area contributed by atoms with Crippen molar-refractivity contribution in [1.29, 1.82) is 0 Å². The zero-order valence-electron chi connectivity index (χ0n) is 19.0. The summed E-state index contributed by atoms with van der Waals surface area (Å²) in [6.07, 6.45) is 13.2. The third kappa shape index (κ3) is 3.97. The van der Waals surface area contributed by atoms with Gasteiger partial charge in [-0.2, -0.15) is 5.10 Å². The van der Waals surface area contributed by atoms with Crippen molar-refractivity contribution in [3.05, 3.63) is 72.7 Å². The van der Waals surface area contributed by atoms with E-state index in [4.69, 9.17) is 0 Å². The molecular formula is C26H25N7O. The lowest BCUT2D eigenvalue weighted by Crippen LogP contribution is -2.31. The summed E-state index contributed by atoms with van der Waals surface area (Å²) < 4.78 is 1.96. The topological polar surface area (TPSA) is 92.6 Å². The van der Waals surface area contributed by atoms with Crippen molar-refractivity contribution >= 4 is 27.6 Å². The Balaban J connectivity index is 1.22. The highest BCUT2D eigenvalue weighted by atomic mass is 16.1. The van der Waals surface area contributed by atoms with E-state index in [-0.39, 0.29) is 12.2 Å². The molecule has 0 aliphatic carbocycles. The molecule has 0 unspecified atom stereocenters. The molecule has 0 spiro atoms. The highest BCUT2D eigenvalue weighted by molar-refractivity contribution is 5.97. The first kappa shape index (κ1) is 20.7. The number of nitrogens with zero attached hydrogens (tertiary/aromatic N) is 6. The summed E-state index contributed by atoms with van der Waals surface area (Å²) >= 11 is 0. The van der Waals surface area contributed by atoms with Crippen LogP contribution in [0.15, 0.2) is 61.4 Å². The van der Waals surface area contributed by atoms with Gasteiger partial charge in [-0.3, -0.25) is 19.4 Å². The number of fused-ring (bicyclic) bond motifs is 2. The number of rotatable bonds is 5. The second-order valence-corrected chi connectivity index (χ2v) is 9.08. The van der Waals surface area contributed by atoms with Gasteiger partial charge in [0.25, 0.3) is 0 Å². The van der Waals surface area contributed by atoms with Crippen LogP contribution in [0.3, 0.4) is 0 Å². The molecule has 5 aromatic heterocycles. The fourth-order valence-corrected chi connectivity index (χ4v) is 4.63. The zero-order valence-corrected chi connectivity index (χ0v) is 19.0. The Bertz CT molecular complexity index is 1490. The average molecular weight is 452 g/mol. The minimum Gasteiger partial charge on any atom is -0.346 e. The van der Waals surface area contributed by atoms with E-state index in [1.807, 2.05) is 47.7 Å². The lowest BCUT2D eigenvalue weighted by Gasteiger charge is -2.28. The van der Waals surface area contributed by atoms with E-state index >= 15 is 0 Å². The monoisotopic (exact) mass is 451 g/mol. The van der Waals surface area contributed by atoms with E-state index in [9.17, 15) is 4.79 Å². The van der Waals surface area contributed by atoms with Crippen molar-refractivity contribution in [2.75, 3.05) is 20.1 Å². The summed E-state index contributed by atoms with van der Waals surface area (Å²) in [4.78, 5) is 32.0. The minimum atomic E-state index is 0.0300. The Hall–Kier alpha value is -3.91. The molecule has 1 N–H and O–H groups in total. The van der Waals surface area contributed by atoms with Gasteiger partial charge in [0.1, 0.15) is 5.65 Å². The first-order chi connectivity index (χ1) is 16.6. The van der Waals surface area contributed by atoms with Crippen LogP contribution in [-0.2, 0) is 6.42 Å². The molecule has 8 heteroatoms. The number of aromatic amines is 1. The number of carbonyl (C=O) groups excluding carboxylic acids is 1. The molecule has 0 amide bonds. The second kappa shape index (κ2) is 8.46. The number of hydrogen-bond donors (Lipinski definition) is 1. The van der Waals surface area contributed by atoms with Crippen molar-refractivity contribution in [2.45, 2.75) is 25.3 Å². The van der Waals surface area contributed by atoms with Crippen molar-refractivity contribution in [3.8, 4) is 11.3 Å². The molecule has 1 fully saturated rings. The van der Waals surface area contributed by atoms with Gasteiger partial charge in [-0.1, -0.05) is 0 Å². The normalized spacial score (nSPS) is 15.3. The lowest BCUT2D eigenvalue weighted by molar-refractivity contribution is 0.0991. The Morgan fingerprint density at radius 2 is 1.85 bits per heavy atom. The Kier molecular flexibility index (Phi) is 5.15. The third-order valence-electron chi connectivity index (χ3n) is 6.68. The summed E-state index contributed by atoms with van der Waals surface area (Å²) in [5.41, 5.74) is 4.02. The summed E-state index contributed by atoms with van der Waals surface area (Å²) in [6, 6.07) is 8.43. The van der Waals surface area contributed by atoms with Gasteiger partial charge in [-0.15, -0.1) is 0 Å². The van der Waals surface area contributed by atoms with Crippen molar-refractivity contribution < 1.29 is 4.79 Å². The molecule has 0 radical (unpaired) electrons. The van der Waals surface area contributed by atoms with Gasteiger partial charge in [-0.25, -0.2) is 4.98 Å². The maximum Gasteiger partial charge on any atom is 0.171 e. The van der Waals surface area contributed by atoms with Gasteiger partial charge in [0.05, 0.1) is 29.9 Å². The molecule has 8 nitrogen and oxygen atoms in total. The molecule has 6 heterocycles. The van der Waals surface area contributed by atoms with Gasteiger partial charge in [0.15, 0.2) is 5.78 Å². The molecule has 0 saturated carbocycles. The van der Waals surface area contributed by atoms with E-state index in [1.54, 1.807) is 12.4 Å². The van der Waals surface area contributed by atoms with E-state index in [1.165, 1.54) is 0 Å². The van der Waals surface area contributed by atoms with E-state index in [0.717, 1.165) is 64.7 Å². The number of aromatic nitrogens is 6. The average Bonchev–Trinajstić information content (AvgIpc) is 3.54. The molecule has 1 aliphatic rings. The first-order valence-electron chi connectivity index (χ1n) is 11.6. The van der Waals surface area contributed by atoms with Gasteiger partial charge in [-0.05, 0) is 62.6 Å². The standard InChI is InChI=1S/C26H25N7O/c1-32-6-3-23(4-7-32)33-16-21(15-31-33)25(34)11-22-9-18-10-24(29-14-20(18)13-28-22)19-8-17-2-5-27-26(17)30-12-19/h2,5,8-10,12-16,23H,3-4,6-7,11H2,1H3,(H,27,30). The van der Waals surface area contributed by atoms with Crippen LogP contribution < -0.4 is 0 Å². The second-order valence-electron chi connectivity index (χ2n) is 9.08. The maximum atomic E-state index is 13.0. The van der Waals surface area contributed by atoms with E-state index in [2.05, 4.69) is 43.0 Å². The zero-order chi connectivity index (χ0) is 23.1. The highest BCUT2D eigenvalue weighted by Gasteiger charge is 2.20. The maximum absolute atomic E-state index is 13.0. The number of H-pyrrole nitrogens is 1. The number of piperidine rings is 1. The van der Waals surface area contributed by atoms with E-state index < -0.39 is 0 Å². The predicted octanol–water partition coefficient (Wildman–Crippen LogP) is 4.06. The number of pyridine rings is 3. The molecule has 34 heavy (non-hydrogen) atoms. The molecule has 6 rings (SSSR count). The van der Waals surface area contributed by atoms with Crippen LogP contribution in [0.5, 0.6) is 0 Å². The third-order valence-corrected chi connectivity index (χ3v) is 6.68. The molecular weight excluding hydrogens is 426 g/mol. The van der Waals surface area contributed by atoms with Crippen molar-refractivity contribution in [3.63, 3.8) is 0 Å². The summed E-state index contributed by atoms with van der Waals surface area (Å²) in [5.74, 6) is 0.0300. The number of nitrogens with one attached hydrogen (secondary N) is 1. The number of hydrogen-bond acceptors (Lipinski definition) is 6. The Morgan fingerprint density at radius 1 is 1.00 bits per heavy atom. The van der Waals surface area contributed by atoms with Crippen LogP contribution in [0.25, 0.3) is 33.1 Å². The van der Waals surface area contributed by atoms with Crippen LogP contribution in [-0.4, -0.2) is 60.5 Å². The largest absolute Gasteiger partial charge is 0.346 e. The van der Waals surface area contributed by atoms with Crippen LogP contribution >= 0.6 is 0 Å². The quantitative estimate of drug-likeness (QED) is 0.405. The molecule has 1 saturated heterocycles. The summed E-state index contributed by atoms with van der Waals surface area (Å²) in [6.45, 7) is 2.11. The van der Waals surface area contributed by atoms with Crippen LogP contribution in [0, 0.1) is 0 Å². The molecule has 170 valence electrons. The molecule has 5 aromatic rings. The Morgan fingerprint density at radius 3 is 2.74 bits per heavy atom. The fraction of sp³-hybridized carbons (Fsp3) is 0.269. The molecule has 0 bridgehead atoms. The smallest absolute Gasteiger partial charge is 0.171 e. The van der Waals surface area contributed by atoms with Gasteiger partial charge in [0.2, 0.25) is 0 Å². The van der Waals surface area contributed by atoms with Gasteiger partial charge < -0.3 is 9.88 Å². The molecule has 0 atom stereocenters. The minimum absolute atomic E-state index is 0.0300. The number of ketones is 1. The Labute approximate surface area is 196 Å². The van der Waals surface area contributed by atoms with Gasteiger partial charge in [0, 0.05) is 53.0 Å². The fourth-order valence-electron chi connectivity index (χ4n) is 4.63. The van der Waals surface area contributed by atoms with Crippen LogP contribution in [0.2, 0.25) is 0 Å². The van der Waals surface area contributed by atoms with Crippen LogP contribution in [0.1, 0.15) is 34.9 Å². The van der Waals surface area contributed by atoms with Crippen molar-refractivity contribution in [2.24, 2.45) is 0 Å². The summed E-state index contributed by atoms with van der Waals surface area (Å²) in [7, 11) is 2.14. The van der Waals surface area contributed by atoms with Crippen LogP contribution in [0.4, 0.5) is 0 Å². The first-order valence-corrected chi connectivity index (χ1v) is 11.6. The van der Waals surface area contributed by atoms with Crippen molar-refractivity contribution in [1.82, 2.24) is 34.6 Å². The number of carbonyl (C=O) groups is 1. The van der Waals surface area contributed by atoms with Gasteiger partial charge >= 0.3 is 0 Å². The van der Waals surface area contributed by atoms with E-state index in [0.29, 0.717) is 11.6 Å².